The van der Waals surface area contributed by atoms with E-state index in [4.69, 9.17) is 9.84 Å². The Kier molecular flexibility index (Phi) is 5.05. The summed E-state index contributed by atoms with van der Waals surface area (Å²) in [6.07, 6.45) is 2.81. The standard InChI is InChI=1S/C12H16N2O4S/c1-12(2,3)18-11(17)13-6-4-5-8-7-19-9(14-8)10(15)16/h4-5,7H,6H2,1-3H3,(H,13,17)(H,15,16). The van der Waals surface area contributed by atoms with Gasteiger partial charge in [-0.25, -0.2) is 14.6 Å². The van der Waals surface area contributed by atoms with Crippen LogP contribution in [0.1, 0.15) is 36.3 Å². The number of nitrogens with one attached hydrogen (secondary N) is 1. The number of aromatic nitrogens is 1. The summed E-state index contributed by atoms with van der Waals surface area (Å²) >= 11 is 1.06. The quantitative estimate of drug-likeness (QED) is 0.886. The highest BCUT2D eigenvalue weighted by Gasteiger charge is 2.15. The largest absolute Gasteiger partial charge is 0.476 e. The number of hydrogen-bond acceptors (Lipinski definition) is 5. The van der Waals surface area contributed by atoms with Gasteiger partial charge in [0, 0.05) is 11.9 Å². The van der Waals surface area contributed by atoms with Gasteiger partial charge in [0.05, 0.1) is 5.69 Å². The molecule has 0 spiro atoms. The molecule has 1 aromatic rings. The zero-order valence-corrected chi connectivity index (χ0v) is 11.8. The lowest BCUT2D eigenvalue weighted by atomic mass is 10.2. The molecule has 104 valence electrons. The molecule has 6 nitrogen and oxygen atoms in total. The molecule has 1 amide bonds. The summed E-state index contributed by atoms with van der Waals surface area (Å²) in [7, 11) is 0. The maximum Gasteiger partial charge on any atom is 0.407 e. The molecule has 0 bridgehead atoms. The van der Waals surface area contributed by atoms with Crippen molar-refractivity contribution in [2.45, 2.75) is 26.4 Å². The van der Waals surface area contributed by atoms with E-state index in [-0.39, 0.29) is 11.6 Å². The van der Waals surface area contributed by atoms with E-state index in [0.29, 0.717) is 5.69 Å². The van der Waals surface area contributed by atoms with Crippen LogP contribution in [-0.2, 0) is 4.74 Å². The first-order valence-corrected chi connectivity index (χ1v) is 6.48. The van der Waals surface area contributed by atoms with E-state index in [1.807, 2.05) is 0 Å². The van der Waals surface area contributed by atoms with Gasteiger partial charge in [0.25, 0.3) is 0 Å². The molecule has 0 atom stereocenters. The van der Waals surface area contributed by atoms with Gasteiger partial charge in [-0.1, -0.05) is 6.08 Å². The van der Waals surface area contributed by atoms with Crippen LogP contribution < -0.4 is 5.32 Å². The Morgan fingerprint density at radius 3 is 2.74 bits per heavy atom. The first kappa shape index (κ1) is 15.2. The summed E-state index contributed by atoms with van der Waals surface area (Å²) in [5.74, 6) is -1.04. The Morgan fingerprint density at radius 1 is 1.53 bits per heavy atom. The topological polar surface area (TPSA) is 88.5 Å². The minimum atomic E-state index is -1.04. The van der Waals surface area contributed by atoms with Crippen LogP contribution in [0.3, 0.4) is 0 Å². The van der Waals surface area contributed by atoms with Crippen molar-refractivity contribution in [2.75, 3.05) is 6.54 Å². The first-order valence-electron chi connectivity index (χ1n) is 5.60. The smallest absolute Gasteiger partial charge is 0.407 e. The number of carbonyl (C=O) groups excluding carboxylic acids is 1. The fourth-order valence-electron chi connectivity index (χ4n) is 1.10. The van der Waals surface area contributed by atoms with Gasteiger partial charge in [0.1, 0.15) is 5.60 Å². The number of carbonyl (C=O) groups is 2. The van der Waals surface area contributed by atoms with E-state index in [1.54, 1.807) is 38.3 Å². The lowest BCUT2D eigenvalue weighted by Gasteiger charge is -2.19. The van der Waals surface area contributed by atoms with Crippen LogP contribution in [0.15, 0.2) is 11.5 Å². The predicted molar refractivity (Wildman–Crippen MR) is 72.3 cm³/mol. The third-order valence-electron chi connectivity index (χ3n) is 1.76. The van der Waals surface area contributed by atoms with E-state index in [2.05, 4.69) is 10.3 Å². The van der Waals surface area contributed by atoms with E-state index >= 15 is 0 Å². The molecule has 0 saturated carbocycles. The Hall–Kier alpha value is -1.89. The maximum atomic E-state index is 11.3. The minimum Gasteiger partial charge on any atom is -0.476 e. The fourth-order valence-corrected chi connectivity index (χ4v) is 1.72. The molecule has 0 aliphatic carbocycles. The fraction of sp³-hybridized carbons (Fsp3) is 0.417. The Labute approximate surface area is 115 Å². The molecule has 1 rings (SSSR count). The SMILES string of the molecule is CC(C)(C)OC(=O)NCC=Cc1csc(C(=O)O)n1. The van der Waals surface area contributed by atoms with Crippen molar-refractivity contribution in [3.63, 3.8) is 0 Å². The highest BCUT2D eigenvalue weighted by Crippen LogP contribution is 2.10. The number of carboxylic acids is 1. The second-order valence-electron chi connectivity index (χ2n) is 4.67. The normalized spacial score (nSPS) is 11.5. The Morgan fingerprint density at radius 2 is 2.21 bits per heavy atom. The summed E-state index contributed by atoms with van der Waals surface area (Å²) < 4.78 is 5.05. The van der Waals surface area contributed by atoms with Crippen LogP contribution in [0.5, 0.6) is 0 Å². The number of rotatable bonds is 4. The number of aromatic carboxylic acids is 1. The summed E-state index contributed by atoms with van der Waals surface area (Å²) in [4.78, 5) is 25.8. The molecule has 1 heterocycles. The Bertz CT molecular complexity index is 488. The molecule has 7 heteroatoms. The predicted octanol–water partition coefficient (Wildman–Crippen LogP) is 2.38. The number of thiazole rings is 1. The van der Waals surface area contributed by atoms with Gasteiger partial charge in [-0.15, -0.1) is 11.3 Å². The van der Waals surface area contributed by atoms with Crippen LogP contribution in [0.25, 0.3) is 6.08 Å². The molecule has 0 aliphatic rings. The summed E-state index contributed by atoms with van der Waals surface area (Å²) in [5, 5.41) is 12.9. The number of hydrogen-bond donors (Lipinski definition) is 2. The minimum absolute atomic E-state index is 0.0414. The molecule has 0 aromatic carbocycles. The van der Waals surface area contributed by atoms with Gasteiger partial charge in [-0.2, -0.15) is 0 Å². The molecule has 0 saturated heterocycles. The monoisotopic (exact) mass is 284 g/mol. The number of nitrogens with zero attached hydrogens (tertiary/aromatic N) is 1. The Balaban J connectivity index is 2.38. The van der Waals surface area contributed by atoms with Gasteiger partial charge in [-0.3, -0.25) is 0 Å². The van der Waals surface area contributed by atoms with Crippen molar-refractivity contribution < 1.29 is 19.4 Å². The van der Waals surface area contributed by atoms with Gasteiger partial charge in [0.15, 0.2) is 0 Å². The van der Waals surface area contributed by atoms with Crippen LogP contribution in [0.4, 0.5) is 4.79 Å². The molecule has 19 heavy (non-hydrogen) atoms. The van der Waals surface area contributed by atoms with E-state index in [0.717, 1.165) is 11.3 Å². The van der Waals surface area contributed by atoms with Crippen molar-refractivity contribution in [3.8, 4) is 0 Å². The third kappa shape index (κ3) is 6.01. The maximum absolute atomic E-state index is 11.3. The summed E-state index contributed by atoms with van der Waals surface area (Å²) in [6.45, 7) is 5.64. The van der Waals surface area contributed by atoms with Gasteiger partial charge in [-0.05, 0) is 26.8 Å². The lowest BCUT2D eigenvalue weighted by molar-refractivity contribution is 0.0533. The van der Waals surface area contributed by atoms with Gasteiger partial charge >= 0.3 is 12.1 Å². The van der Waals surface area contributed by atoms with E-state index in [1.165, 1.54) is 0 Å². The van der Waals surface area contributed by atoms with E-state index in [9.17, 15) is 9.59 Å². The number of ether oxygens (including phenoxy) is 1. The lowest BCUT2D eigenvalue weighted by Crippen LogP contribution is -2.32. The van der Waals surface area contributed by atoms with Crippen LogP contribution in [-0.4, -0.2) is 34.3 Å². The summed E-state index contributed by atoms with van der Waals surface area (Å²) in [5.41, 5.74) is 0.0208. The average molecular weight is 284 g/mol. The third-order valence-corrected chi connectivity index (χ3v) is 2.61. The van der Waals surface area contributed by atoms with Crippen molar-refractivity contribution in [2.24, 2.45) is 0 Å². The number of amides is 1. The van der Waals surface area contributed by atoms with Crippen molar-refractivity contribution in [3.05, 3.63) is 22.2 Å². The molecular weight excluding hydrogens is 268 g/mol. The van der Waals surface area contributed by atoms with Crippen molar-refractivity contribution in [1.29, 1.82) is 0 Å². The van der Waals surface area contributed by atoms with Gasteiger partial charge < -0.3 is 15.2 Å². The van der Waals surface area contributed by atoms with Crippen molar-refractivity contribution >= 4 is 29.5 Å². The highest BCUT2D eigenvalue weighted by molar-refractivity contribution is 7.11. The average Bonchev–Trinajstić information content (AvgIpc) is 2.70. The zero-order chi connectivity index (χ0) is 14.5. The van der Waals surface area contributed by atoms with Crippen LogP contribution >= 0.6 is 11.3 Å². The molecule has 2 N–H and O–H groups in total. The van der Waals surface area contributed by atoms with Crippen LogP contribution in [0, 0.1) is 0 Å². The number of alkyl carbamates (subject to hydrolysis) is 1. The van der Waals surface area contributed by atoms with E-state index < -0.39 is 17.7 Å². The molecule has 0 radical (unpaired) electrons. The van der Waals surface area contributed by atoms with Crippen molar-refractivity contribution in [1.82, 2.24) is 10.3 Å². The molecule has 0 unspecified atom stereocenters. The van der Waals surface area contributed by atoms with Crippen LogP contribution in [0.2, 0.25) is 0 Å². The molecular formula is C12H16N2O4S. The second kappa shape index (κ2) is 6.33. The second-order valence-corrected chi connectivity index (χ2v) is 5.53. The molecule has 0 aliphatic heterocycles. The highest BCUT2D eigenvalue weighted by atomic mass is 32.1. The molecule has 0 fully saturated rings. The molecule has 1 aromatic heterocycles. The number of carboxylic acid groups (broad SMARTS) is 1. The van der Waals surface area contributed by atoms with Gasteiger partial charge in [0.2, 0.25) is 5.01 Å². The zero-order valence-electron chi connectivity index (χ0n) is 11.0. The first-order chi connectivity index (χ1) is 8.78. The summed E-state index contributed by atoms with van der Waals surface area (Å²) in [6, 6.07) is 0.